The smallest absolute Gasteiger partial charge is 0.282 e. The predicted molar refractivity (Wildman–Crippen MR) is 73.1 cm³/mol. The second-order valence-electron chi connectivity index (χ2n) is 4.38. The van der Waals surface area contributed by atoms with Gasteiger partial charge in [-0.1, -0.05) is 0 Å². The van der Waals surface area contributed by atoms with Crippen molar-refractivity contribution in [3.05, 3.63) is 28.6 Å². The van der Waals surface area contributed by atoms with Crippen LogP contribution in [0.25, 0.3) is 10.9 Å². The van der Waals surface area contributed by atoms with Crippen LogP contribution in [0.3, 0.4) is 0 Å². The summed E-state index contributed by atoms with van der Waals surface area (Å²) >= 11 is 0. The van der Waals surface area contributed by atoms with Crippen molar-refractivity contribution in [2.24, 2.45) is 0 Å². The van der Waals surface area contributed by atoms with Crippen LogP contribution in [0.2, 0.25) is 0 Å². The summed E-state index contributed by atoms with van der Waals surface area (Å²) < 4.78 is 1.79. The third kappa shape index (κ3) is 2.13. The van der Waals surface area contributed by atoms with E-state index in [1.165, 1.54) is 32.9 Å². The average Bonchev–Trinajstić information content (AvgIpc) is 2.61. The lowest BCUT2D eigenvalue weighted by Crippen LogP contribution is -2.30. The number of hydrogen-bond donors (Lipinski definition) is 1. The molecule has 2 rings (SSSR count). The molecule has 0 bridgehead atoms. The van der Waals surface area contributed by atoms with Crippen molar-refractivity contribution in [2.45, 2.75) is 20.8 Å². The first-order chi connectivity index (χ1) is 9.32. The number of hydrogen-bond acceptors (Lipinski definition) is 4. The molecule has 1 amide bonds. The van der Waals surface area contributed by atoms with Crippen LogP contribution in [0.15, 0.2) is 23.0 Å². The van der Waals surface area contributed by atoms with Gasteiger partial charge in [0.2, 0.25) is 17.7 Å². The molecule has 1 heterocycles. The molecule has 0 atom stereocenters. The zero-order valence-electron chi connectivity index (χ0n) is 11.3. The highest BCUT2D eigenvalue weighted by Crippen LogP contribution is 2.17. The van der Waals surface area contributed by atoms with E-state index in [2.05, 4.69) is 5.32 Å². The highest BCUT2D eigenvalue weighted by atomic mass is 16.2. The molecule has 1 aromatic carbocycles. The molecule has 0 saturated carbocycles. The van der Waals surface area contributed by atoms with E-state index in [1.54, 1.807) is 6.07 Å². The lowest BCUT2D eigenvalue weighted by molar-refractivity contribution is -0.114. The molecule has 7 nitrogen and oxygen atoms in total. The van der Waals surface area contributed by atoms with Gasteiger partial charge in [-0.3, -0.25) is 19.2 Å². The van der Waals surface area contributed by atoms with Gasteiger partial charge in [-0.15, -0.1) is 0 Å². The molecule has 0 saturated heterocycles. The van der Waals surface area contributed by atoms with Crippen molar-refractivity contribution in [1.29, 1.82) is 0 Å². The molecule has 7 heteroatoms. The van der Waals surface area contributed by atoms with Gasteiger partial charge in [0.15, 0.2) is 0 Å². The first-order valence-corrected chi connectivity index (χ1v) is 5.90. The zero-order valence-corrected chi connectivity index (χ0v) is 11.3. The molecular formula is C13H13N3O4. The van der Waals surface area contributed by atoms with Crippen LogP contribution in [0.1, 0.15) is 30.4 Å². The minimum absolute atomic E-state index is 0.240. The Bertz CT molecular complexity index is 798. The van der Waals surface area contributed by atoms with E-state index >= 15 is 0 Å². The van der Waals surface area contributed by atoms with Crippen molar-refractivity contribution in [2.75, 3.05) is 5.32 Å². The van der Waals surface area contributed by atoms with E-state index in [0.29, 0.717) is 5.69 Å². The quantitative estimate of drug-likeness (QED) is 0.843. The Morgan fingerprint density at radius 3 is 2.10 bits per heavy atom. The largest absolute Gasteiger partial charge is 0.326 e. The molecule has 104 valence electrons. The molecule has 1 aromatic heterocycles. The topological polar surface area (TPSA) is 90.2 Å². The number of rotatable bonds is 1. The van der Waals surface area contributed by atoms with Gasteiger partial charge in [0, 0.05) is 26.5 Å². The molecule has 0 unspecified atom stereocenters. The molecule has 2 aromatic rings. The third-order valence-electron chi connectivity index (χ3n) is 2.77. The Balaban J connectivity index is 2.83. The molecule has 0 aliphatic heterocycles. The average molecular weight is 275 g/mol. The normalized spacial score (nSPS) is 10.6. The van der Waals surface area contributed by atoms with Gasteiger partial charge in [-0.05, 0) is 18.2 Å². The van der Waals surface area contributed by atoms with E-state index < -0.39 is 17.4 Å². The summed E-state index contributed by atoms with van der Waals surface area (Å²) in [7, 11) is 0. The molecular weight excluding hydrogens is 262 g/mol. The molecule has 0 fully saturated rings. The second kappa shape index (κ2) is 4.76. The first-order valence-electron chi connectivity index (χ1n) is 5.90. The minimum Gasteiger partial charge on any atom is -0.326 e. The minimum atomic E-state index is -0.558. The first kappa shape index (κ1) is 13.7. The highest BCUT2D eigenvalue weighted by molar-refractivity contribution is 5.97. The van der Waals surface area contributed by atoms with Gasteiger partial charge in [0.25, 0.3) is 5.56 Å². The molecule has 0 aliphatic rings. The van der Waals surface area contributed by atoms with Gasteiger partial charge >= 0.3 is 0 Å². The SMILES string of the molecule is CC(=O)Nc1ccc2c(=O)n(C(C)=O)n(C(C)=O)c2c1. The number of anilines is 1. The Kier molecular flexibility index (Phi) is 3.27. The number of aromatic nitrogens is 2. The maximum absolute atomic E-state index is 12.1. The lowest BCUT2D eigenvalue weighted by atomic mass is 10.2. The third-order valence-corrected chi connectivity index (χ3v) is 2.77. The van der Waals surface area contributed by atoms with Gasteiger partial charge < -0.3 is 5.32 Å². The number of nitrogens with zero attached hydrogens (tertiary/aromatic N) is 2. The summed E-state index contributed by atoms with van der Waals surface area (Å²) in [5.41, 5.74) is 0.168. The van der Waals surface area contributed by atoms with Crippen LogP contribution < -0.4 is 10.9 Å². The molecule has 0 spiro atoms. The van der Waals surface area contributed by atoms with E-state index in [1.807, 2.05) is 0 Å². The number of benzene rings is 1. The van der Waals surface area contributed by atoms with Crippen LogP contribution in [0.5, 0.6) is 0 Å². The lowest BCUT2D eigenvalue weighted by Gasteiger charge is -2.06. The van der Waals surface area contributed by atoms with Crippen molar-refractivity contribution in [3.8, 4) is 0 Å². The Morgan fingerprint density at radius 2 is 1.60 bits per heavy atom. The fraction of sp³-hybridized carbons (Fsp3) is 0.231. The summed E-state index contributed by atoms with van der Waals surface area (Å²) in [6.07, 6.45) is 0. The van der Waals surface area contributed by atoms with Crippen molar-refractivity contribution >= 4 is 34.3 Å². The van der Waals surface area contributed by atoms with Crippen LogP contribution in [0.4, 0.5) is 5.69 Å². The predicted octanol–water partition coefficient (Wildman–Crippen LogP) is 1.08. The monoisotopic (exact) mass is 275 g/mol. The zero-order chi connectivity index (χ0) is 15.0. The number of carbonyl (C=O) groups is 3. The summed E-state index contributed by atoms with van der Waals surface area (Å²) in [6, 6.07) is 4.50. The summed E-state index contributed by atoms with van der Waals surface area (Å²) in [4.78, 5) is 46.4. The van der Waals surface area contributed by atoms with Gasteiger partial charge in [-0.2, -0.15) is 4.68 Å². The van der Waals surface area contributed by atoms with Crippen molar-refractivity contribution in [3.63, 3.8) is 0 Å². The van der Waals surface area contributed by atoms with E-state index in [4.69, 9.17) is 0 Å². The van der Waals surface area contributed by atoms with Gasteiger partial charge in [0.05, 0.1) is 10.9 Å². The summed E-state index contributed by atoms with van der Waals surface area (Å²) in [6.45, 7) is 3.81. The fourth-order valence-electron chi connectivity index (χ4n) is 2.08. The van der Waals surface area contributed by atoms with Crippen LogP contribution >= 0.6 is 0 Å². The maximum atomic E-state index is 12.1. The Hall–Kier alpha value is -2.70. The maximum Gasteiger partial charge on any atom is 0.282 e. The van der Waals surface area contributed by atoms with Crippen LogP contribution in [-0.4, -0.2) is 27.1 Å². The summed E-state index contributed by atoms with van der Waals surface area (Å²) in [5.74, 6) is -1.29. The molecule has 1 N–H and O–H groups in total. The molecule has 0 radical (unpaired) electrons. The van der Waals surface area contributed by atoms with Crippen LogP contribution in [-0.2, 0) is 4.79 Å². The number of amides is 1. The molecule has 0 aliphatic carbocycles. The Morgan fingerprint density at radius 1 is 1.00 bits per heavy atom. The Labute approximate surface area is 113 Å². The van der Waals surface area contributed by atoms with Crippen LogP contribution in [0, 0.1) is 0 Å². The number of nitrogens with one attached hydrogen (secondary N) is 1. The highest BCUT2D eigenvalue weighted by Gasteiger charge is 2.19. The van der Waals surface area contributed by atoms with E-state index in [-0.39, 0.29) is 16.8 Å². The number of carbonyl (C=O) groups excluding carboxylic acids is 3. The van der Waals surface area contributed by atoms with Crippen molar-refractivity contribution in [1.82, 2.24) is 9.36 Å². The summed E-state index contributed by atoms with van der Waals surface area (Å²) in [5, 5.41) is 2.80. The second-order valence-corrected chi connectivity index (χ2v) is 4.38. The van der Waals surface area contributed by atoms with E-state index in [0.717, 1.165) is 9.36 Å². The standard InChI is InChI=1S/C13H13N3O4/c1-7(17)14-10-4-5-11-12(6-10)15(8(2)18)16(9(3)19)13(11)20/h4-6H,1-3H3,(H,14,17). The fourth-order valence-corrected chi connectivity index (χ4v) is 2.08. The number of fused-ring (bicyclic) bond motifs is 1. The molecule has 20 heavy (non-hydrogen) atoms. The van der Waals surface area contributed by atoms with Gasteiger partial charge in [0.1, 0.15) is 0 Å². The van der Waals surface area contributed by atoms with Gasteiger partial charge in [-0.25, -0.2) is 4.68 Å². The van der Waals surface area contributed by atoms with Crippen molar-refractivity contribution < 1.29 is 14.4 Å². The van der Waals surface area contributed by atoms with E-state index in [9.17, 15) is 19.2 Å².